The molecule has 3 N–H and O–H groups in total. The van der Waals surface area contributed by atoms with Gasteiger partial charge >= 0.3 is 7.60 Å². The SMILES string of the molecule is CCCCCCCCC=CCCCCCCCCOP(=O)(OCCCCCCCCC=CCCCCCCCC)C(O)CN. The Morgan fingerprint density at radius 1 is 0.500 bits per heavy atom. The zero-order valence-electron chi connectivity index (χ0n) is 29.5. The van der Waals surface area contributed by atoms with E-state index in [2.05, 4.69) is 38.2 Å². The quantitative estimate of drug-likeness (QED) is 0.0404. The largest absolute Gasteiger partial charge is 0.379 e. The first-order valence-corrected chi connectivity index (χ1v) is 20.8. The average Bonchev–Trinajstić information content (AvgIpc) is 3.03. The summed E-state index contributed by atoms with van der Waals surface area (Å²) in [7, 11) is -3.57. The smallest absolute Gasteiger partial charge is 0.360 e. The molecule has 0 aliphatic rings. The summed E-state index contributed by atoms with van der Waals surface area (Å²) in [5.41, 5.74) is 5.60. The maximum Gasteiger partial charge on any atom is 0.360 e. The maximum absolute atomic E-state index is 13.1. The summed E-state index contributed by atoms with van der Waals surface area (Å²) in [6.45, 7) is 5.12. The summed E-state index contributed by atoms with van der Waals surface area (Å²) in [5, 5.41) is 10.2. The maximum atomic E-state index is 13.1. The molecular weight excluding hydrogens is 565 g/mol. The van der Waals surface area contributed by atoms with E-state index in [9.17, 15) is 9.67 Å². The lowest BCUT2D eigenvalue weighted by atomic mass is 10.1. The number of rotatable bonds is 36. The van der Waals surface area contributed by atoms with Crippen LogP contribution in [0.5, 0.6) is 0 Å². The van der Waals surface area contributed by atoms with Gasteiger partial charge in [-0.2, -0.15) is 0 Å². The van der Waals surface area contributed by atoms with Crippen molar-refractivity contribution in [1.29, 1.82) is 0 Å². The molecule has 0 fully saturated rings. The molecule has 0 aromatic rings. The second-order valence-electron chi connectivity index (χ2n) is 12.8. The molecule has 0 aliphatic heterocycles. The van der Waals surface area contributed by atoms with Crippen molar-refractivity contribution in [2.75, 3.05) is 19.8 Å². The van der Waals surface area contributed by atoms with Gasteiger partial charge in [0.1, 0.15) is 0 Å². The highest BCUT2D eigenvalue weighted by molar-refractivity contribution is 7.54. The third kappa shape index (κ3) is 30.2. The van der Waals surface area contributed by atoms with Crippen molar-refractivity contribution in [3.05, 3.63) is 24.3 Å². The van der Waals surface area contributed by atoms with Crippen molar-refractivity contribution in [3.8, 4) is 0 Å². The minimum Gasteiger partial charge on any atom is -0.379 e. The summed E-state index contributed by atoms with van der Waals surface area (Å²) >= 11 is 0. The standard InChI is InChI=1S/C38H76NO4P/c1-3-5-7-9-11-13-15-17-19-21-23-25-27-29-31-33-35-42-44(41,38(40)37-39)43-36-34-32-30-28-26-24-22-20-18-16-14-12-10-8-6-4-2/h17-20,38,40H,3-16,21-37,39H2,1-2H3. The Morgan fingerprint density at radius 3 is 1.07 bits per heavy atom. The van der Waals surface area contributed by atoms with E-state index in [1.54, 1.807) is 0 Å². The van der Waals surface area contributed by atoms with Gasteiger partial charge in [-0.05, 0) is 64.2 Å². The Morgan fingerprint density at radius 2 is 0.773 bits per heavy atom. The summed E-state index contributed by atoms with van der Waals surface area (Å²) in [4.78, 5) is 0. The Hall–Kier alpha value is -0.450. The molecule has 0 aliphatic carbocycles. The molecular formula is C38H76NO4P. The summed E-state index contributed by atoms with van der Waals surface area (Å²) < 4.78 is 24.3. The molecule has 5 nitrogen and oxygen atoms in total. The molecule has 262 valence electrons. The van der Waals surface area contributed by atoms with Crippen LogP contribution in [-0.2, 0) is 13.6 Å². The van der Waals surface area contributed by atoms with Crippen molar-refractivity contribution < 1.29 is 18.7 Å². The third-order valence-corrected chi connectivity index (χ3v) is 10.5. The number of aliphatic hydroxyl groups excluding tert-OH is 1. The molecule has 6 heteroatoms. The van der Waals surface area contributed by atoms with Gasteiger partial charge in [-0.1, -0.05) is 154 Å². The van der Waals surface area contributed by atoms with E-state index < -0.39 is 13.4 Å². The van der Waals surface area contributed by atoms with Crippen LogP contribution in [-0.4, -0.2) is 30.7 Å². The fraction of sp³-hybridized carbons (Fsp3) is 0.895. The fourth-order valence-corrected chi connectivity index (χ4v) is 6.87. The van der Waals surface area contributed by atoms with E-state index in [1.807, 2.05) is 0 Å². The van der Waals surface area contributed by atoms with Crippen LogP contribution in [0.4, 0.5) is 0 Å². The van der Waals surface area contributed by atoms with E-state index in [-0.39, 0.29) is 6.54 Å². The van der Waals surface area contributed by atoms with Gasteiger partial charge in [0.2, 0.25) is 0 Å². The van der Waals surface area contributed by atoms with Gasteiger partial charge in [-0.15, -0.1) is 0 Å². The van der Waals surface area contributed by atoms with Gasteiger partial charge in [0.25, 0.3) is 0 Å². The van der Waals surface area contributed by atoms with Gasteiger partial charge in [0.15, 0.2) is 5.85 Å². The Labute approximate surface area is 275 Å². The minimum absolute atomic E-state index is 0.113. The Balaban J connectivity index is 3.69. The van der Waals surface area contributed by atoms with Crippen LogP contribution in [0.3, 0.4) is 0 Å². The van der Waals surface area contributed by atoms with Gasteiger partial charge in [-0.25, -0.2) is 0 Å². The summed E-state index contributed by atoms with van der Waals surface area (Å²) in [6.07, 6.45) is 44.2. The first-order chi connectivity index (χ1) is 21.6. The monoisotopic (exact) mass is 642 g/mol. The predicted molar refractivity (Wildman–Crippen MR) is 193 cm³/mol. The topological polar surface area (TPSA) is 81.8 Å². The molecule has 0 aromatic carbocycles. The zero-order chi connectivity index (χ0) is 32.2. The van der Waals surface area contributed by atoms with Crippen LogP contribution in [0.15, 0.2) is 24.3 Å². The number of allylic oxidation sites excluding steroid dienone is 4. The van der Waals surface area contributed by atoms with Gasteiger partial charge < -0.3 is 19.9 Å². The van der Waals surface area contributed by atoms with Crippen molar-refractivity contribution >= 4 is 7.60 Å². The van der Waals surface area contributed by atoms with E-state index in [1.165, 1.54) is 141 Å². The van der Waals surface area contributed by atoms with E-state index in [0.717, 1.165) is 38.5 Å². The summed E-state index contributed by atoms with van der Waals surface area (Å²) in [6, 6.07) is 0. The lowest BCUT2D eigenvalue weighted by Crippen LogP contribution is -2.23. The normalized spacial score (nSPS) is 14.2. The Kier molecular flexibility index (Phi) is 35.0. The van der Waals surface area contributed by atoms with Crippen LogP contribution in [0.25, 0.3) is 0 Å². The van der Waals surface area contributed by atoms with Crippen molar-refractivity contribution in [3.63, 3.8) is 0 Å². The number of hydrogen-bond acceptors (Lipinski definition) is 5. The molecule has 44 heavy (non-hydrogen) atoms. The molecule has 0 saturated carbocycles. The molecule has 0 bridgehead atoms. The first-order valence-electron chi connectivity index (χ1n) is 19.2. The predicted octanol–water partition coefficient (Wildman–Crippen LogP) is 12.6. The number of nitrogens with two attached hydrogens (primary N) is 1. The number of hydrogen-bond donors (Lipinski definition) is 2. The van der Waals surface area contributed by atoms with Crippen LogP contribution in [0, 0.1) is 0 Å². The van der Waals surface area contributed by atoms with Crippen LogP contribution in [0.2, 0.25) is 0 Å². The molecule has 0 saturated heterocycles. The third-order valence-electron chi connectivity index (χ3n) is 8.43. The second kappa shape index (κ2) is 35.4. The lowest BCUT2D eigenvalue weighted by molar-refractivity contribution is 0.141. The summed E-state index contributed by atoms with van der Waals surface area (Å²) in [5.74, 6) is -1.24. The first kappa shape index (κ1) is 43.5. The van der Waals surface area contributed by atoms with Gasteiger partial charge in [-0.3, -0.25) is 4.57 Å². The molecule has 1 unspecified atom stereocenters. The van der Waals surface area contributed by atoms with Crippen LogP contribution < -0.4 is 5.73 Å². The molecule has 0 amide bonds. The van der Waals surface area contributed by atoms with Crippen molar-refractivity contribution in [1.82, 2.24) is 0 Å². The number of aliphatic hydroxyl groups is 1. The van der Waals surface area contributed by atoms with E-state index in [4.69, 9.17) is 14.8 Å². The molecule has 1 atom stereocenters. The van der Waals surface area contributed by atoms with Gasteiger partial charge in [0.05, 0.1) is 13.2 Å². The average molecular weight is 642 g/mol. The molecule has 0 spiro atoms. The fourth-order valence-electron chi connectivity index (χ4n) is 5.42. The molecule has 0 rings (SSSR count). The Bertz CT molecular complexity index is 621. The lowest BCUT2D eigenvalue weighted by Gasteiger charge is -2.22. The highest BCUT2D eigenvalue weighted by Crippen LogP contribution is 2.52. The highest BCUT2D eigenvalue weighted by atomic mass is 31.2. The molecule has 0 aromatic heterocycles. The molecule has 0 radical (unpaired) electrons. The second-order valence-corrected chi connectivity index (χ2v) is 15.0. The minimum atomic E-state index is -3.57. The van der Waals surface area contributed by atoms with Crippen molar-refractivity contribution in [2.24, 2.45) is 5.73 Å². The zero-order valence-corrected chi connectivity index (χ0v) is 30.4. The van der Waals surface area contributed by atoms with Crippen molar-refractivity contribution in [2.45, 2.75) is 199 Å². The van der Waals surface area contributed by atoms with Crippen LogP contribution >= 0.6 is 7.60 Å². The van der Waals surface area contributed by atoms with Gasteiger partial charge in [0, 0.05) is 6.54 Å². The van der Waals surface area contributed by atoms with E-state index in [0.29, 0.717) is 13.2 Å². The number of unbranched alkanes of at least 4 members (excludes halogenated alkanes) is 24. The highest BCUT2D eigenvalue weighted by Gasteiger charge is 2.33. The molecule has 0 heterocycles. The van der Waals surface area contributed by atoms with Crippen LogP contribution in [0.1, 0.15) is 194 Å². The van der Waals surface area contributed by atoms with E-state index >= 15 is 0 Å².